The number of halogens is 3. The van der Waals surface area contributed by atoms with Crippen LogP contribution in [0.3, 0.4) is 0 Å². The van der Waals surface area contributed by atoms with E-state index < -0.39 is 18.8 Å². The van der Waals surface area contributed by atoms with Gasteiger partial charge in [0.05, 0.1) is 12.2 Å². The van der Waals surface area contributed by atoms with E-state index in [2.05, 4.69) is 10.1 Å². The Hall–Kier alpha value is -2.67. The van der Waals surface area contributed by atoms with E-state index in [0.717, 1.165) is 21.4 Å². The molecule has 124 valence electrons. The molecule has 7 heteroatoms. The number of benzene rings is 1. The highest BCUT2D eigenvalue weighted by molar-refractivity contribution is 5.70. The molecule has 1 aromatic carbocycles. The second-order valence-corrected chi connectivity index (χ2v) is 5.30. The molecule has 0 aliphatic heterocycles. The van der Waals surface area contributed by atoms with Gasteiger partial charge in [0.15, 0.2) is 6.10 Å². The van der Waals surface area contributed by atoms with E-state index >= 15 is 0 Å². The molecule has 0 bridgehead atoms. The van der Waals surface area contributed by atoms with E-state index in [0.29, 0.717) is 5.69 Å². The predicted molar refractivity (Wildman–Crippen MR) is 83.0 cm³/mol. The molecule has 1 N–H and O–H groups in total. The lowest BCUT2D eigenvalue weighted by Gasteiger charge is -2.14. The van der Waals surface area contributed by atoms with Crippen molar-refractivity contribution in [3.8, 4) is 22.4 Å². The summed E-state index contributed by atoms with van der Waals surface area (Å²) >= 11 is 0. The number of aliphatic hydroxyl groups excluding tert-OH is 1. The summed E-state index contributed by atoms with van der Waals surface area (Å²) in [7, 11) is 0. The Labute approximate surface area is 136 Å². The highest BCUT2D eigenvalue weighted by Gasteiger charge is 2.38. The van der Waals surface area contributed by atoms with Crippen LogP contribution in [-0.2, 0) is 6.54 Å². The third-order valence-corrected chi connectivity index (χ3v) is 3.53. The minimum Gasteiger partial charge on any atom is -0.382 e. The lowest BCUT2D eigenvalue weighted by molar-refractivity contribution is -0.208. The van der Waals surface area contributed by atoms with E-state index in [1.54, 1.807) is 18.5 Å². The maximum absolute atomic E-state index is 12.4. The predicted octanol–water partition coefficient (Wildman–Crippen LogP) is 3.54. The molecule has 0 amide bonds. The molecule has 2 aromatic heterocycles. The van der Waals surface area contributed by atoms with Crippen molar-refractivity contribution in [3.05, 3.63) is 61.1 Å². The van der Waals surface area contributed by atoms with Gasteiger partial charge in [0.25, 0.3) is 0 Å². The molecule has 3 aromatic rings. The molecule has 3 rings (SSSR count). The number of rotatable bonds is 4. The summed E-state index contributed by atoms with van der Waals surface area (Å²) in [5.41, 5.74) is 3.18. The highest BCUT2D eigenvalue weighted by Crippen LogP contribution is 2.25. The third-order valence-electron chi connectivity index (χ3n) is 3.53. The van der Waals surface area contributed by atoms with Crippen molar-refractivity contribution in [2.24, 2.45) is 0 Å². The second-order valence-electron chi connectivity index (χ2n) is 5.30. The van der Waals surface area contributed by atoms with Crippen LogP contribution in [0.1, 0.15) is 0 Å². The van der Waals surface area contributed by atoms with E-state index in [4.69, 9.17) is 5.11 Å². The molecule has 0 aliphatic carbocycles. The minimum absolute atomic E-state index is 0.537. The smallest absolute Gasteiger partial charge is 0.382 e. The van der Waals surface area contributed by atoms with Gasteiger partial charge >= 0.3 is 6.18 Å². The second kappa shape index (κ2) is 6.45. The van der Waals surface area contributed by atoms with Crippen LogP contribution in [0.5, 0.6) is 0 Å². The topological polar surface area (TPSA) is 50.9 Å². The van der Waals surface area contributed by atoms with Gasteiger partial charge in [-0.2, -0.15) is 18.3 Å². The summed E-state index contributed by atoms with van der Waals surface area (Å²) in [6.45, 7) is -0.633. The summed E-state index contributed by atoms with van der Waals surface area (Å²) in [4.78, 5) is 4.07. The number of pyridine rings is 1. The van der Waals surface area contributed by atoms with Crippen LogP contribution in [0.15, 0.2) is 61.1 Å². The quantitative estimate of drug-likeness (QED) is 0.794. The Kier molecular flexibility index (Phi) is 4.35. The van der Waals surface area contributed by atoms with Crippen LogP contribution in [0.2, 0.25) is 0 Å². The van der Waals surface area contributed by atoms with E-state index in [-0.39, 0.29) is 0 Å². The van der Waals surface area contributed by atoms with Gasteiger partial charge in [-0.3, -0.25) is 9.67 Å². The summed E-state index contributed by atoms with van der Waals surface area (Å²) in [5.74, 6) is 0. The Morgan fingerprint density at radius 1 is 1.04 bits per heavy atom. The maximum Gasteiger partial charge on any atom is 0.416 e. The normalized spacial score (nSPS) is 13.0. The van der Waals surface area contributed by atoms with Gasteiger partial charge in [-0.1, -0.05) is 24.3 Å². The molecular weight excluding hydrogens is 319 g/mol. The Morgan fingerprint density at radius 3 is 2.50 bits per heavy atom. The average molecular weight is 333 g/mol. The number of aromatic nitrogens is 3. The molecule has 2 heterocycles. The number of nitrogens with zero attached hydrogens (tertiary/aromatic N) is 3. The van der Waals surface area contributed by atoms with E-state index in [1.165, 1.54) is 6.20 Å². The number of aliphatic hydroxyl groups is 1. The van der Waals surface area contributed by atoms with E-state index in [1.807, 2.05) is 36.4 Å². The fraction of sp³-hybridized carbons (Fsp3) is 0.176. The molecule has 24 heavy (non-hydrogen) atoms. The molecule has 4 nitrogen and oxygen atoms in total. The number of alkyl halides is 3. The van der Waals surface area contributed by atoms with Crippen molar-refractivity contribution in [1.29, 1.82) is 0 Å². The zero-order chi connectivity index (χ0) is 17.2. The number of hydrogen-bond acceptors (Lipinski definition) is 3. The van der Waals surface area contributed by atoms with Gasteiger partial charge in [-0.05, 0) is 23.8 Å². The first-order chi connectivity index (χ1) is 11.4. The lowest BCUT2D eigenvalue weighted by atomic mass is 10.0. The summed E-state index contributed by atoms with van der Waals surface area (Å²) in [6, 6.07) is 12.9. The first-order valence-corrected chi connectivity index (χ1v) is 7.22. The van der Waals surface area contributed by atoms with Crippen LogP contribution in [0.25, 0.3) is 22.4 Å². The Bertz CT molecular complexity index is 815. The first kappa shape index (κ1) is 16.2. The van der Waals surface area contributed by atoms with E-state index in [9.17, 15) is 13.2 Å². The first-order valence-electron chi connectivity index (χ1n) is 7.22. The van der Waals surface area contributed by atoms with Crippen molar-refractivity contribution < 1.29 is 18.3 Å². The van der Waals surface area contributed by atoms with Crippen LogP contribution in [0.4, 0.5) is 13.2 Å². The van der Waals surface area contributed by atoms with Gasteiger partial charge in [-0.15, -0.1) is 0 Å². The van der Waals surface area contributed by atoms with Gasteiger partial charge in [0.1, 0.15) is 0 Å². The SMILES string of the molecule is OC(Cn1ccc(-c2cccc(-c3cccnc3)c2)n1)C(F)(F)F. The highest BCUT2D eigenvalue weighted by atomic mass is 19.4. The fourth-order valence-corrected chi connectivity index (χ4v) is 2.29. The molecule has 0 radical (unpaired) electrons. The third kappa shape index (κ3) is 3.62. The molecule has 1 unspecified atom stereocenters. The number of hydrogen-bond donors (Lipinski definition) is 1. The zero-order valence-electron chi connectivity index (χ0n) is 12.5. The molecule has 1 atom stereocenters. The molecule has 0 saturated carbocycles. The van der Waals surface area contributed by atoms with Gasteiger partial charge in [-0.25, -0.2) is 0 Å². The Morgan fingerprint density at radius 2 is 1.79 bits per heavy atom. The van der Waals surface area contributed by atoms with Gasteiger partial charge in [0, 0.05) is 29.7 Å². The molecule has 0 aliphatic rings. The summed E-state index contributed by atoms with van der Waals surface area (Å²) in [6.07, 6.45) is -2.27. The monoisotopic (exact) mass is 333 g/mol. The van der Waals surface area contributed by atoms with Crippen molar-refractivity contribution in [1.82, 2.24) is 14.8 Å². The zero-order valence-corrected chi connectivity index (χ0v) is 12.5. The molecule has 0 spiro atoms. The van der Waals surface area contributed by atoms with Crippen molar-refractivity contribution >= 4 is 0 Å². The molecule has 0 fully saturated rings. The van der Waals surface area contributed by atoms with Crippen molar-refractivity contribution in [3.63, 3.8) is 0 Å². The van der Waals surface area contributed by atoms with Crippen LogP contribution in [0, 0.1) is 0 Å². The van der Waals surface area contributed by atoms with Gasteiger partial charge in [0.2, 0.25) is 0 Å². The van der Waals surface area contributed by atoms with Crippen LogP contribution >= 0.6 is 0 Å². The Balaban J connectivity index is 1.83. The van der Waals surface area contributed by atoms with Crippen molar-refractivity contribution in [2.75, 3.05) is 0 Å². The summed E-state index contributed by atoms with van der Waals surface area (Å²) in [5, 5.41) is 13.2. The van der Waals surface area contributed by atoms with Crippen LogP contribution < -0.4 is 0 Å². The molecular formula is C17H14F3N3O. The maximum atomic E-state index is 12.4. The van der Waals surface area contributed by atoms with Crippen LogP contribution in [-0.4, -0.2) is 32.2 Å². The molecule has 0 saturated heterocycles. The lowest BCUT2D eigenvalue weighted by Crippen LogP contribution is -2.32. The summed E-state index contributed by atoms with van der Waals surface area (Å²) < 4.78 is 38.3. The van der Waals surface area contributed by atoms with Gasteiger partial charge < -0.3 is 5.11 Å². The average Bonchev–Trinajstić information content (AvgIpc) is 3.03. The van der Waals surface area contributed by atoms with Crippen molar-refractivity contribution in [2.45, 2.75) is 18.8 Å². The minimum atomic E-state index is -4.66. The fourth-order valence-electron chi connectivity index (χ4n) is 2.29. The standard InChI is InChI=1S/C17H14F3N3O/c18-17(19,20)16(24)11-23-8-6-15(22-23)13-4-1-3-12(9-13)14-5-2-7-21-10-14/h1-10,16,24H,11H2. The largest absolute Gasteiger partial charge is 0.416 e.